The van der Waals surface area contributed by atoms with Crippen LogP contribution in [0, 0.1) is 0 Å². The number of rotatable bonds is 7. The van der Waals surface area contributed by atoms with Gasteiger partial charge in [-0.05, 0) is 47.8 Å². The van der Waals surface area contributed by atoms with Crippen LogP contribution in [-0.2, 0) is 11.3 Å². The molecule has 0 saturated heterocycles. The molecule has 2 aromatic carbocycles. The van der Waals surface area contributed by atoms with E-state index in [2.05, 4.69) is 0 Å². The quantitative estimate of drug-likeness (QED) is 0.571. The Morgan fingerprint density at radius 1 is 1.08 bits per heavy atom. The average molecular weight is 388 g/mol. The second-order valence-electron chi connectivity index (χ2n) is 5.48. The standard InChI is InChI=1S/C20H18ClNO3S/c1-24-16-10-8-15(9-11-16)22(13-17-5-4-12-26-17)20(23)14-25-19-7-3-2-6-18(19)21/h2-12H,13-14H2,1H3. The maximum absolute atomic E-state index is 12.8. The first-order valence-electron chi connectivity index (χ1n) is 8.01. The van der Waals surface area contributed by atoms with E-state index < -0.39 is 0 Å². The summed E-state index contributed by atoms with van der Waals surface area (Å²) in [5, 5.41) is 2.47. The molecule has 3 rings (SSSR count). The molecule has 6 heteroatoms. The monoisotopic (exact) mass is 387 g/mol. The number of nitrogens with zero attached hydrogens (tertiary/aromatic N) is 1. The van der Waals surface area contributed by atoms with Crippen LogP contribution < -0.4 is 14.4 Å². The van der Waals surface area contributed by atoms with E-state index in [4.69, 9.17) is 21.1 Å². The van der Waals surface area contributed by atoms with Crippen LogP contribution in [0.5, 0.6) is 11.5 Å². The molecule has 0 unspecified atom stereocenters. The van der Waals surface area contributed by atoms with Gasteiger partial charge in [0.25, 0.3) is 5.91 Å². The van der Waals surface area contributed by atoms with Gasteiger partial charge in [0.1, 0.15) is 11.5 Å². The second-order valence-corrected chi connectivity index (χ2v) is 6.92. The molecule has 0 fully saturated rings. The smallest absolute Gasteiger partial charge is 0.265 e. The summed E-state index contributed by atoms with van der Waals surface area (Å²) in [5.41, 5.74) is 0.784. The molecule has 4 nitrogen and oxygen atoms in total. The molecule has 0 radical (unpaired) electrons. The van der Waals surface area contributed by atoms with Crippen LogP contribution in [0.25, 0.3) is 0 Å². The summed E-state index contributed by atoms with van der Waals surface area (Å²) >= 11 is 7.70. The maximum atomic E-state index is 12.8. The molecule has 0 saturated carbocycles. The van der Waals surface area contributed by atoms with Gasteiger partial charge in [0.2, 0.25) is 0 Å². The van der Waals surface area contributed by atoms with E-state index in [1.54, 1.807) is 35.5 Å². The molecule has 0 spiro atoms. The van der Waals surface area contributed by atoms with Gasteiger partial charge in [-0.2, -0.15) is 0 Å². The van der Waals surface area contributed by atoms with Crippen molar-refractivity contribution in [3.8, 4) is 11.5 Å². The minimum Gasteiger partial charge on any atom is -0.497 e. The number of hydrogen-bond donors (Lipinski definition) is 0. The van der Waals surface area contributed by atoms with Crippen LogP contribution in [0.3, 0.4) is 0 Å². The van der Waals surface area contributed by atoms with E-state index in [1.807, 2.05) is 53.9 Å². The summed E-state index contributed by atoms with van der Waals surface area (Å²) in [7, 11) is 1.61. The summed E-state index contributed by atoms with van der Waals surface area (Å²) in [4.78, 5) is 15.6. The van der Waals surface area contributed by atoms with E-state index in [1.165, 1.54) is 0 Å². The van der Waals surface area contributed by atoms with E-state index in [0.717, 1.165) is 16.3 Å². The molecule has 0 aliphatic heterocycles. The highest BCUT2D eigenvalue weighted by atomic mass is 35.5. The number of amides is 1. The summed E-state index contributed by atoms with van der Waals surface area (Å²) in [5.74, 6) is 1.08. The van der Waals surface area contributed by atoms with E-state index in [0.29, 0.717) is 17.3 Å². The van der Waals surface area contributed by atoms with Crippen molar-refractivity contribution in [2.75, 3.05) is 18.6 Å². The fourth-order valence-corrected chi connectivity index (χ4v) is 3.31. The van der Waals surface area contributed by atoms with Crippen molar-refractivity contribution in [2.45, 2.75) is 6.54 Å². The van der Waals surface area contributed by atoms with E-state index >= 15 is 0 Å². The molecule has 1 aromatic heterocycles. The molecule has 1 heterocycles. The fourth-order valence-electron chi connectivity index (χ4n) is 2.42. The van der Waals surface area contributed by atoms with Gasteiger partial charge in [0, 0.05) is 10.6 Å². The molecule has 0 atom stereocenters. The predicted molar refractivity (Wildman–Crippen MR) is 105 cm³/mol. The molecule has 3 aromatic rings. The number of methoxy groups -OCH3 is 1. The number of halogens is 1. The summed E-state index contributed by atoms with van der Waals surface area (Å²) in [6.45, 7) is 0.385. The number of thiophene rings is 1. The second kappa shape index (κ2) is 8.74. The molecular weight excluding hydrogens is 370 g/mol. The van der Waals surface area contributed by atoms with Gasteiger partial charge < -0.3 is 14.4 Å². The first-order chi connectivity index (χ1) is 12.7. The van der Waals surface area contributed by atoms with Crippen LogP contribution in [0.1, 0.15) is 4.88 Å². The Morgan fingerprint density at radius 3 is 2.50 bits per heavy atom. The zero-order valence-electron chi connectivity index (χ0n) is 14.2. The molecule has 26 heavy (non-hydrogen) atoms. The van der Waals surface area contributed by atoms with Gasteiger partial charge >= 0.3 is 0 Å². The van der Waals surface area contributed by atoms with Gasteiger partial charge in [-0.25, -0.2) is 0 Å². The van der Waals surface area contributed by atoms with Gasteiger partial charge in [-0.3, -0.25) is 4.79 Å². The lowest BCUT2D eigenvalue weighted by molar-refractivity contribution is -0.120. The van der Waals surface area contributed by atoms with E-state index in [-0.39, 0.29) is 12.5 Å². The minimum absolute atomic E-state index is 0.0961. The van der Waals surface area contributed by atoms with Crippen LogP contribution in [0.4, 0.5) is 5.69 Å². The Kier molecular flexibility index (Phi) is 6.15. The maximum Gasteiger partial charge on any atom is 0.265 e. The molecule has 0 aliphatic carbocycles. The fraction of sp³-hybridized carbons (Fsp3) is 0.150. The highest BCUT2D eigenvalue weighted by Gasteiger charge is 2.18. The molecular formula is C20H18ClNO3S. The van der Waals surface area contributed by atoms with Crippen molar-refractivity contribution in [3.63, 3.8) is 0 Å². The van der Waals surface area contributed by atoms with E-state index in [9.17, 15) is 4.79 Å². The zero-order chi connectivity index (χ0) is 18.4. The lowest BCUT2D eigenvalue weighted by atomic mass is 10.2. The number of hydrogen-bond acceptors (Lipinski definition) is 4. The molecule has 1 amide bonds. The normalized spacial score (nSPS) is 10.4. The Morgan fingerprint density at radius 2 is 1.85 bits per heavy atom. The third-order valence-corrected chi connectivity index (χ3v) is 4.94. The Labute approximate surface area is 161 Å². The van der Waals surface area contributed by atoms with Crippen LogP contribution in [0.2, 0.25) is 5.02 Å². The van der Waals surface area contributed by atoms with Gasteiger partial charge in [-0.15, -0.1) is 11.3 Å². The third-order valence-electron chi connectivity index (χ3n) is 3.77. The van der Waals surface area contributed by atoms with Gasteiger partial charge in [0.15, 0.2) is 6.61 Å². The SMILES string of the molecule is COc1ccc(N(Cc2cccs2)C(=O)COc2ccccc2Cl)cc1. The summed E-state index contributed by atoms with van der Waals surface area (Å²) in [6.07, 6.45) is 0. The molecule has 0 bridgehead atoms. The Bertz CT molecular complexity index is 850. The topological polar surface area (TPSA) is 38.8 Å². The highest BCUT2D eigenvalue weighted by molar-refractivity contribution is 7.09. The summed E-state index contributed by atoms with van der Waals surface area (Å²) < 4.78 is 10.8. The first kappa shape index (κ1) is 18.3. The van der Waals surface area contributed by atoms with Crippen LogP contribution in [-0.4, -0.2) is 19.6 Å². The third kappa shape index (κ3) is 4.56. The van der Waals surface area contributed by atoms with Crippen LogP contribution in [0.15, 0.2) is 66.0 Å². The predicted octanol–water partition coefficient (Wildman–Crippen LogP) is 5.02. The lowest BCUT2D eigenvalue weighted by Crippen LogP contribution is -2.34. The van der Waals surface area contributed by atoms with Crippen molar-refractivity contribution in [1.82, 2.24) is 0 Å². The molecule has 0 aliphatic rings. The van der Waals surface area contributed by atoms with Crippen molar-refractivity contribution < 1.29 is 14.3 Å². The van der Waals surface area contributed by atoms with Crippen molar-refractivity contribution in [3.05, 3.63) is 75.9 Å². The Hall–Kier alpha value is -2.50. The molecule has 134 valence electrons. The highest BCUT2D eigenvalue weighted by Crippen LogP contribution is 2.25. The summed E-state index contributed by atoms with van der Waals surface area (Å²) in [6, 6.07) is 18.5. The number of benzene rings is 2. The van der Waals surface area contributed by atoms with Gasteiger partial charge in [0.05, 0.1) is 18.7 Å². The Balaban J connectivity index is 1.77. The molecule has 0 N–H and O–H groups in total. The van der Waals surface area contributed by atoms with Crippen molar-refractivity contribution >= 4 is 34.5 Å². The van der Waals surface area contributed by atoms with Gasteiger partial charge in [-0.1, -0.05) is 29.8 Å². The largest absolute Gasteiger partial charge is 0.497 e. The minimum atomic E-state index is -0.150. The number of carbonyl (C=O) groups is 1. The number of anilines is 1. The first-order valence-corrected chi connectivity index (χ1v) is 9.27. The number of carbonyl (C=O) groups excluding carboxylic acids is 1. The number of para-hydroxylation sites is 1. The van der Waals surface area contributed by atoms with Crippen molar-refractivity contribution in [1.29, 1.82) is 0 Å². The van der Waals surface area contributed by atoms with Crippen LogP contribution >= 0.6 is 22.9 Å². The van der Waals surface area contributed by atoms with Crippen molar-refractivity contribution in [2.24, 2.45) is 0 Å². The number of ether oxygens (including phenoxy) is 2. The lowest BCUT2D eigenvalue weighted by Gasteiger charge is -2.23. The average Bonchev–Trinajstić information content (AvgIpc) is 3.19. The zero-order valence-corrected chi connectivity index (χ0v) is 15.8.